The van der Waals surface area contributed by atoms with E-state index in [1.807, 2.05) is 32.8 Å². The molecule has 2 aromatic rings. The van der Waals surface area contributed by atoms with Gasteiger partial charge in [-0.15, -0.1) is 0 Å². The molecular weight excluding hydrogens is 258 g/mol. The topological polar surface area (TPSA) is 84.2 Å². The van der Waals surface area contributed by atoms with Gasteiger partial charge in [0.25, 0.3) is 5.91 Å². The molecule has 0 atom stereocenters. The largest absolute Gasteiger partial charge is 0.361 e. The summed E-state index contributed by atoms with van der Waals surface area (Å²) in [5, 5.41) is 6.45. The number of carbonyl (C=O) groups excluding carboxylic acids is 1. The summed E-state index contributed by atoms with van der Waals surface area (Å²) < 4.78 is 4.89. The summed E-state index contributed by atoms with van der Waals surface area (Å²) in [6, 6.07) is 1.58. The third-order valence-electron chi connectivity index (χ3n) is 2.76. The summed E-state index contributed by atoms with van der Waals surface area (Å²) in [6.45, 7) is 5.38. The van der Waals surface area contributed by atoms with Crippen molar-refractivity contribution in [2.75, 3.05) is 24.3 Å². The number of hydrogen-bond acceptors (Lipinski definition) is 6. The molecule has 1 N–H and O–H groups in total. The van der Waals surface area contributed by atoms with Crippen LogP contribution in [0.2, 0.25) is 0 Å². The average molecular weight is 275 g/mol. The monoisotopic (exact) mass is 275 g/mol. The molecule has 2 heterocycles. The number of nitrogens with zero attached hydrogens (tertiary/aromatic N) is 4. The van der Waals surface area contributed by atoms with Gasteiger partial charge in [-0.3, -0.25) is 4.79 Å². The van der Waals surface area contributed by atoms with Gasteiger partial charge in [0.2, 0.25) is 5.95 Å². The van der Waals surface area contributed by atoms with Crippen molar-refractivity contribution in [3.8, 4) is 0 Å². The van der Waals surface area contributed by atoms with Crippen molar-refractivity contribution in [2.45, 2.75) is 20.8 Å². The van der Waals surface area contributed by atoms with Crippen molar-refractivity contribution in [1.29, 1.82) is 0 Å². The number of aryl methyl sites for hydroxylation is 3. The van der Waals surface area contributed by atoms with Gasteiger partial charge in [-0.2, -0.15) is 0 Å². The van der Waals surface area contributed by atoms with E-state index in [9.17, 15) is 4.79 Å². The van der Waals surface area contributed by atoms with Crippen molar-refractivity contribution in [3.63, 3.8) is 0 Å². The van der Waals surface area contributed by atoms with Crippen molar-refractivity contribution in [2.24, 2.45) is 0 Å². The summed E-state index contributed by atoms with van der Waals surface area (Å²) in [7, 11) is 3.73. The Labute approximate surface area is 117 Å². The lowest BCUT2D eigenvalue weighted by molar-refractivity contribution is 0.101. The first-order valence-electron chi connectivity index (χ1n) is 6.15. The molecule has 1 amide bonds. The summed E-state index contributed by atoms with van der Waals surface area (Å²) in [6.07, 6.45) is 0. The fourth-order valence-corrected chi connectivity index (χ4v) is 1.73. The normalized spacial score (nSPS) is 10.4. The molecule has 7 nitrogen and oxygen atoms in total. The summed E-state index contributed by atoms with van der Waals surface area (Å²) in [5.41, 5.74) is 2.24. The summed E-state index contributed by atoms with van der Waals surface area (Å²) in [5.74, 6) is 0.854. The van der Waals surface area contributed by atoms with Gasteiger partial charge in [0, 0.05) is 20.2 Å². The van der Waals surface area contributed by atoms with Gasteiger partial charge in [0.1, 0.15) is 5.76 Å². The molecule has 2 aromatic heterocycles. The summed E-state index contributed by atoms with van der Waals surface area (Å²) in [4.78, 5) is 22.5. The van der Waals surface area contributed by atoms with Gasteiger partial charge in [0.05, 0.1) is 17.1 Å². The Morgan fingerprint density at radius 2 is 1.80 bits per heavy atom. The molecule has 0 saturated carbocycles. The second-order valence-electron chi connectivity index (χ2n) is 4.74. The van der Waals surface area contributed by atoms with E-state index in [0.717, 1.165) is 0 Å². The van der Waals surface area contributed by atoms with E-state index in [2.05, 4.69) is 20.4 Å². The fourth-order valence-electron chi connectivity index (χ4n) is 1.73. The van der Waals surface area contributed by atoms with Gasteiger partial charge in [-0.05, 0) is 20.8 Å². The second kappa shape index (κ2) is 5.28. The smallest absolute Gasteiger partial charge is 0.277 e. The number of hydrogen-bond donors (Lipinski definition) is 1. The number of aromatic nitrogens is 3. The van der Waals surface area contributed by atoms with Crippen LogP contribution in [0.4, 0.5) is 11.6 Å². The molecule has 2 rings (SSSR count). The first-order chi connectivity index (χ1) is 9.38. The zero-order chi connectivity index (χ0) is 14.9. The van der Waals surface area contributed by atoms with Gasteiger partial charge in [0.15, 0.2) is 5.69 Å². The first-order valence-corrected chi connectivity index (χ1v) is 6.15. The predicted molar refractivity (Wildman–Crippen MR) is 75.0 cm³/mol. The van der Waals surface area contributed by atoms with Crippen LogP contribution in [0.5, 0.6) is 0 Å². The van der Waals surface area contributed by atoms with E-state index < -0.39 is 0 Å². The lowest BCUT2D eigenvalue weighted by Gasteiger charge is -2.15. The van der Waals surface area contributed by atoms with E-state index in [1.54, 1.807) is 13.0 Å². The number of rotatable bonds is 3. The lowest BCUT2D eigenvalue weighted by atomic mass is 10.2. The maximum absolute atomic E-state index is 12.1. The van der Waals surface area contributed by atoms with Crippen LogP contribution in [-0.2, 0) is 0 Å². The fraction of sp³-hybridized carbons (Fsp3) is 0.385. The zero-order valence-electron chi connectivity index (χ0n) is 12.2. The number of anilines is 2. The van der Waals surface area contributed by atoms with E-state index in [1.165, 1.54) is 0 Å². The molecular formula is C13H17N5O2. The van der Waals surface area contributed by atoms with Crippen molar-refractivity contribution < 1.29 is 9.32 Å². The van der Waals surface area contributed by atoms with Crippen LogP contribution in [0.15, 0.2) is 10.6 Å². The highest BCUT2D eigenvalue weighted by atomic mass is 16.5. The highest BCUT2D eigenvalue weighted by molar-refractivity contribution is 6.03. The second-order valence-corrected chi connectivity index (χ2v) is 4.74. The Morgan fingerprint density at radius 1 is 1.20 bits per heavy atom. The van der Waals surface area contributed by atoms with Crippen molar-refractivity contribution in [1.82, 2.24) is 15.1 Å². The molecule has 0 fully saturated rings. The number of amides is 1. The molecule has 20 heavy (non-hydrogen) atoms. The molecule has 0 saturated heterocycles. The zero-order valence-corrected chi connectivity index (χ0v) is 12.2. The van der Waals surface area contributed by atoms with Crippen molar-refractivity contribution in [3.05, 3.63) is 28.9 Å². The number of carbonyl (C=O) groups is 1. The Bertz CT molecular complexity index is 625. The minimum atomic E-state index is -0.339. The number of nitrogens with one attached hydrogen (secondary N) is 1. The van der Waals surface area contributed by atoms with E-state index in [4.69, 9.17) is 4.52 Å². The molecule has 0 spiro atoms. The lowest BCUT2D eigenvalue weighted by Crippen LogP contribution is -2.18. The van der Waals surface area contributed by atoms with Gasteiger partial charge in [-0.25, -0.2) is 9.97 Å². The van der Waals surface area contributed by atoms with Crippen LogP contribution in [0.25, 0.3) is 0 Å². The molecule has 0 radical (unpaired) electrons. The van der Waals surface area contributed by atoms with Crippen LogP contribution in [0.1, 0.15) is 27.6 Å². The highest BCUT2D eigenvalue weighted by Gasteiger charge is 2.16. The molecule has 0 aromatic carbocycles. The standard InChI is InChI=1S/C13H17N5O2/c1-7-6-10(17-20-7)12(19)16-11-8(2)14-13(18(4)5)15-9(11)3/h6H,1-5H3,(H,16,19). The first kappa shape index (κ1) is 14.0. The SMILES string of the molecule is Cc1cc(C(=O)Nc2c(C)nc(N(C)C)nc2C)no1. The molecule has 0 aliphatic heterocycles. The quantitative estimate of drug-likeness (QED) is 0.918. The minimum Gasteiger partial charge on any atom is -0.361 e. The molecule has 0 bridgehead atoms. The minimum absolute atomic E-state index is 0.234. The Hall–Kier alpha value is -2.44. The molecule has 7 heteroatoms. The van der Waals surface area contributed by atoms with E-state index >= 15 is 0 Å². The molecule has 0 aliphatic carbocycles. The van der Waals surface area contributed by atoms with E-state index in [0.29, 0.717) is 28.8 Å². The average Bonchev–Trinajstić information content (AvgIpc) is 2.80. The maximum Gasteiger partial charge on any atom is 0.277 e. The Balaban J connectivity index is 2.28. The van der Waals surface area contributed by atoms with Crippen LogP contribution in [-0.4, -0.2) is 35.1 Å². The van der Waals surface area contributed by atoms with Crippen LogP contribution in [0.3, 0.4) is 0 Å². The molecule has 106 valence electrons. The van der Waals surface area contributed by atoms with Gasteiger partial charge < -0.3 is 14.7 Å². The van der Waals surface area contributed by atoms with Crippen LogP contribution in [0, 0.1) is 20.8 Å². The van der Waals surface area contributed by atoms with Gasteiger partial charge >= 0.3 is 0 Å². The predicted octanol–water partition coefficient (Wildman–Crippen LogP) is 1.71. The Kier molecular flexibility index (Phi) is 3.69. The molecule has 0 aliphatic rings. The van der Waals surface area contributed by atoms with Crippen LogP contribution >= 0.6 is 0 Å². The Morgan fingerprint density at radius 3 is 2.25 bits per heavy atom. The summed E-state index contributed by atoms with van der Waals surface area (Å²) >= 11 is 0. The van der Waals surface area contributed by atoms with Gasteiger partial charge in [-0.1, -0.05) is 5.16 Å². The molecule has 0 unspecified atom stereocenters. The highest BCUT2D eigenvalue weighted by Crippen LogP contribution is 2.20. The van der Waals surface area contributed by atoms with Crippen molar-refractivity contribution >= 4 is 17.5 Å². The maximum atomic E-state index is 12.1. The van der Waals surface area contributed by atoms with Crippen LogP contribution < -0.4 is 10.2 Å². The van der Waals surface area contributed by atoms with E-state index in [-0.39, 0.29) is 11.6 Å². The third kappa shape index (κ3) is 2.76. The third-order valence-corrected chi connectivity index (χ3v) is 2.76.